The summed E-state index contributed by atoms with van der Waals surface area (Å²) in [6.45, 7) is 20.6. The van der Waals surface area contributed by atoms with Crippen molar-refractivity contribution in [1.82, 2.24) is 0 Å². The summed E-state index contributed by atoms with van der Waals surface area (Å²) in [7, 11) is -1.70. The van der Waals surface area contributed by atoms with Crippen molar-refractivity contribution < 1.29 is 9.16 Å². The van der Waals surface area contributed by atoms with E-state index in [-0.39, 0.29) is 16.7 Å². The molecule has 0 saturated carbocycles. The first-order chi connectivity index (χ1) is 9.30. The van der Waals surface area contributed by atoms with E-state index in [2.05, 4.69) is 67.5 Å². The molecule has 0 spiro atoms. The highest BCUT2D eigenvalue weighted by Gasteiger charge is 2.38. The standard InChI is InChI=1S/C18H36O2Si/c1-11-12-13-16(20-17(3,4)5)15(2)14-19-21(9,10)18(6,7)8/h1,15-16H,12-14H2,2-10H3/t15-,16+/m0/s1. The quantitative estimate of drug-likeness (QED) is 0.472. The van der Waals surface area contributed by atoms with Gasteiger partial charge in [-0.25, -0.2) is 0 Å². The van der Waals surface area contributed by atoms with Gasteiger partial charge < -0.3 is 9.16 Å². The molecular formula is C18H36O2Si. The third kappa shape index (κ3) is 8.04. The van der Waals surface area contributed by atoms with E-state index in [9.17, 15) is 0 Å². The van der Waals surface area contributed by atoms with Crippen LogP contribution < -0.4 is 0 Å². The molecule has 2 nitrogen and oxygen atoms in total. The molecule has 3 heteroatoms. The minimum absolute atomic E-state index is 0.148. The van der Waals surface area contributed by atoms with E-state index in [0.717, 1.165) is 19.4 Å². The van der Waals surface area contributed by atoms with Crippen LogP contribution in [0.3, 0.4) is 0 Å². The predicted octanol–water partition coefficient (Wildman–Crippen LogP) is 5.24. The van der Waals surface area contributed by atoms with Gasteiger partial charge in [-0.1, -0.05) is 27.7 Å². The van der Waals surface area contributed by atoms with Crippen LogP contribution >= 0.6 is 0 Å². The Balaban J connectivity index is 4.68. The van der Waals surface area contributed by atoms with Gasteiger partial charge in [0.15, 0.2) is 8.32 Å². The number of rotatable bonds is 7. The maximum Gasteiger partial charge on any atom is 0.191 e. The molecule has 0 saturated heterocycles. The van der Waals surface area contributed by atoms with Gasteiger partial charge in [-0.3, -0.25) is 0 Å². The fraction of sp³-hybridized carbons (Fsp3) is 0.889. The van der Waals surface area contributed by atoms with Gasteiger partial charge in [0.1, 0.15) is 0 Å². The summed E-state index contributed by atoms with van der Waals surface area (Å²) >= 11 is 0. The number of hydrogen-bond acceptors (Lipinski definition) is 2. The van der Waals surface area contributed by atoms with Crippen molar-refractivity contribution in [2.45, 2.75) is 91.1 Å². The molecule has 0 rings (SSSR count). The summed E-state index contributed by atoms with van der Waals surface area (Å²) in [5.74, 6) is 3.08. The van der Waals surface area contributed by atoms with E-state index >= 15 is 0 Å². The van der Waals surface area contributed by atoms with E-state index in [4.69, 9.17) is 15.6 Å². The molecule has 0 radical (unpaired) electrons. The Hall–Kier alpha value is -0.303. The molecule has 0 aromatic heterocycles. The lowest BCUT2D eigenvalue weighted by Gasteiger charge is -2.38. The van der Waals surface area contributed by atoms with Crippen molar-refractivity contribution in [3.05, 3.63) is 0 Å². The Bertz CT molecular complexity index is 342. The Labute approximate surface area is 134 Å². The average Bonchev–Trinajstić information content (AvgIpc) is 2.28. The van der Waals surface area contributed by atoms with Crippen molar-refractivity contribution in [1.29, 1.82) is 0 Å². The van der Waals surface area contributed by atoms with Crippen molar-refractivity contribution in [3.8, 4) is 12.3 Å². The maximum atomic E-state index is 6.34. The summed E-state index contributed by atoms with van der Waals surface area (Å²) in [4.78, 5) is 0. The van der Waals surface area contributed by atoms with Gasteiger partial charge in [0, 0.05) is 18.9 Å². The van der Waals surface area contributed by atoms with E-state index < -0.39 is 8.32 Å². The van der Waals surface area contributed by atoms with Crippen molar-refractivity contribution >= 4 is 8.32 Å². The fourth-order valence-electron chi connectivity index (χ4n) is 1.80. The van der Waals surface area contributed by atoms with Crippen molar-refractivity contribution in [3.63, 3.8) is 0 Å². The lowest BCUT2D eigenvalue weighted by atomic mass is 10.00. The molecule has 21 heavy (non-hydrogen) atoms. The molecular weight excluding hydrogens is 276 g/mol. The highest BCUT2D eigenvalue weighted by molar-refractivity contribution is 6.74. The Morgan fingerprint density at radius 2 is 1.62 bits per heavy atom. The van der Waals surface area contributed by atoms with Gasteiger partial charge in [0.2, 0.25) is 0 Å². The average molecular weight is 313 g/mol. The first-order valence-electron chi connectivity index (χ1n) is 8.05. The van der Waals surface area contributed by atoms with Gasteiger partial charge in [-0.15, -0.1) is 12.3 Å². The highest BCUT2D eigenvalue weighted by atomic mass is 28.4. The SMILES string of the molecule is C#CCC[C@@H](OC(C)(C)C)[C@@H](C)CO[Si](C)(C)C(C)(C)C. The Kier molecular flexibility index (Phi) is 7.69. The zero-order valence-electron chi connectivity index (χ0n) is 15.7. The zero-order chi connectivity index (χ0) is 16.9. The van der Waals surface area contributed by atoms with E-state index in [0.29, 0.717) is 5.92 Å². The lowest BCUT2D eigenvalue weighted by molar-refractivity contribution is -0.0910. The summed E-state index contributed by atoms with van der Waals surface area (Å²) in [5.41, 5.74) is -0.148. The molecule has 0 bridgehead atoms. The third-order valence-corrected chi connectivity index (χ3v) is 8.73. The minimum atomic E-state index is -1.70. The maximum absolute atomic E-state index is 6.34. The van der Waals surface area contributed by atoms with Crippen molar-refractivity contribution in [2.75, 3.05) is 6.61 Å². The van der Waals surface area contributed by atoms with Gasteiger partial charge in [0.05, 0.1) is 11.7 Å². The van der Waals surface area contributed by atoms with Gasteiger partial charge >= 0.3 is 0 Å². The van der Waals surface area contributed by atoms with Gasteiger partial charge in [-0.2, -0.15) is 0 Å². The highest BCUT2D eigenvalue weighted by Crippen LogP contribution is 2.37. The number of terminal acetylenes is 1. The molecule has 0 fully saturated rings. The van der Waals surface area contributed by atoms with Gasteiger partial charge in [-0.05, 0) is 45.3 Å². The van der Waals surface area contributed by atoms with Crippen LogP contribution in [-0.2, 0) is 9.16 Å². The second kappa shape index (κ2) is 7.81. The molecule has 0 aromatic carbocycles. The monoisotopic (exact) mass is 312 g/mol. The predicted molar refractivity (Wildman–Crippen MR) is 95.0 cm³/mol. The minimum Gasteiger partial charge on any atom is -0.416 e. The van der Waals surface area contributed by atoms with Crippen LogP contribution in [0, 0.1) is 18.3 Å². The van der Waals surface area contributed by atoms with E-state index in [1.165, 1.54) is 0 Å². The first kappa shape index (κ1) is 20.7. The molecule has 0 aliphatic carbocycles. The first-order valence-corrected chi connectivity index (χ1v) is 11.0. The Morgan fingerprint density at radius 3 is 2.00 bits per heavy atom. The van der Waals surface area contributed by atoms with Crippen LogP contribution in [0.4, 0.5) is 0 Å². The second-order valence-electron chi connectivity index (χ2n) is 8.56. The topological polar surface area (TPSA) is 18.5 Å². The second-order valence-corrected chi connectivity index (χ2v) is 13.4. The molecule has 2 atom stereocenters. The molecule has 0 amide bonds. The molecule has 0 aliphatic heterocycles. The van der Waals surface area contributed by atoms with Crippen LogP contribution in [0.2, 0.25) is 18.1 Å². The Morgan fingerprint density at radius 1 is 1.10 bits per heavy atom. The van der Waals surface area contributed by atoms with Crippen LogP contribution in [-0.4, -0.2) is 26.6 Å². The number of hydrogen-bond donors (Lipinski definition) is 0. The van der Waals surface area contributed by atoms with E-state index in [1.54, 1.807) is 0 Å². The van der Waals surface area contributed by atoms with Crippen LogP contribution in [0.25, 0.3) is 0 Å². The summed E-state index contributed by atoms with van der Waals surface area (Å²) in [5, 5.41) is 0.242. The van der Waals surface area contributed by atoms with E-state index in [1.807, 2.05) is 0 Å². The van der Waals surface area contributed by atoms with Crippen LogP contribution in [0.1, 0.15) is 61.3 Å². The van der Waals surface area contributed by atoms with Crippen molar-refractivity contribution in [2.24, 2.45) is 5.92 Å². The largest absolute Gasteiger partial charge is 0.416 e. The summed E-state index contributed by atoms with van der Waals surface area (Å²) in [6, 6.07) is 0. The van der Waals surface area contributed by atoms with Crippen LogP contribution in [0.15, 0.2) is 0 Å². The van der Waals surface area contributed by atoms with Crippen LogP contribution in [0.5, 0.6) is 0 Å². The third-order valence-electron chi connectivity index (χ3n) is 4.23. The summed E-state index contributed by atoms with van der Waals surface area (Å²) < 4.78 is 12.5. The molecule has 0 aromatic rings. The molecule has 0 unspecified atom stereocenters. The summed E-state index contributed by atoms with van der Waals surface area (Å²) in [6.07, 6.45) is 7.22. The molecule has 124 valence electrons. The fourth-order valence-corrected chi connectivity index (χ4v) is 2.92. The molecule has 0 aliphatic rings. The smallest absolute Gasteiger partial charge is 0.191 e. The lowest BCUT2D eigenvalue weighted by Crippen LogP contribution is -2.43. The normalized spacial score (nSPS) is 16.4. The molecule has 0 N–H and O–H groups in total. The molecule has 0 heterocycles. The number of ether oxygens (including phenoxy) is 1. The van der Waals surface area contributed by atoms with Gasteiger partial charge in [0.25, 0.3) is 0 Å². The zero-order valence-corrected chi connectivity index (χ0v) is 16.7.